The molecular formula is C10H14N4OS. The minimum absolute atomic E-state index is 0.496. The van der Waals surface area contributed by atoms with Crippen LogP contribution >= 0.6 is 12.2 Å². The molecule has 0 bridgehead atoms. The van der Waals surface area contributed by atoms with Crippen molar-refractivity contribution in [1.82, 2.24) is 19.9 Å². The second kappa shape index (κ2) is 4.21. The largest absolute Gasteiger partial charge is 0.361 e. The third kappa shape index (κ3) is 2.06. The molecular weight excluding hydrogens is 224 g/mol. The molecule has 0 aromatic carbocycles. The van der Waals surface area contributed by atoms with Gasteiger partial charge >= 0.3 is 0 Å². The Hall–Kier alpha value is -1.43. The van der Waals surface area contributed by atoms with E-state index in [-0.39, 0.29) is 0 Å². The van der Waals surface area contributed by atoms with Crippen molar-refractivity contribution in [3.63, 3.8) is 0 Å². The van der Waals surface area contributed by atoms with Gasteiger partial charge in [-0.15, -0.1) is 0 Å². The highest BCUT2D eigenvalue weighted by atomic mass is 32.1. The molecule has 6 heteroatoms. The average Bonchev–Trinajstić information content (AvgIpc) is 2.75. The van der Waals surface area contributed by atoms with E-state index in [0.717, 1.165) is 18.1 Å². The molecule has 2 heterocycles. The summed E-state index contributed by atoms with van der Waals surface area (Å²) < 4.78 is 7.59. The Labute approximate surface area is 98.5 Å². The molecule has 0 aliphatic carbocycles. The van der Waals surface area contributed by atoms with Crippen LogP contribution in [-0.2, 0) is 6.54 Å². The van der Waals surface area contributed by atoms with Crippen molar-refractivity contribution in [2.24, 2.45) is 5.92 Å². The molecule has 0 aliphatic heterocycles. The summed E-state index contributed by atoms with van der Waals surface area (Å²) in [5.74, 6) is 1.99. The van der Waals surface area contributed by atoms with Crippen molar-refractivity contribution in [3.8, 4) is 11.5 Å². The van der Waals surface area contributed by atoms with Crippen LogP contribution in [0.15, 0.2) is 10.6 Å². The highest BCUT2D eigenvalue weighted by Gasteiger charge is 2.13. The highest BCUT2D eigenvalue weighted by Crippen LogP contribution is 2.17. The SMILES string of the molecule is Cc1cc(-c2n[nH]c(=S)n2CC(C)C)no1. The molecule has 0 amide bonds. The first kappa shape index (κ1) is 11.1. The number of aromatic nitrogens is 4. The van der Waals surface area contributed by atoms with Crippen LogP contribution in [0.5, 0.6) is 0 Å². The van der Waals surface area contributed by atoms with Crippen molar-refractivity contribution in [3.05, 3.63) is 16.6 Å². The highest BCUT2D eigenvalue weighted by molar-refractivity contribution is 7.71. The predicted octanol–water partition coefficient (Wildman–Crippen LogP) is 2.56. The molecule has 0 fully saturated rings. The van der Waals surface area contributed by atoms with E-state index in [9.17, 15) is 0 Å². The summed E-state index contributed by atoms with van der Waals surface area (Å²) in [6.45, 7) is 6.93. The zero-order valence-corrected chi connectivity index (χ0v) is 10.3. The smallest absolute Gasteiger partial charge is 0.195 e. The number of aromatic amines is 1. The Morgan fingerprint density at radius 1 is 1.56 bits per heavy atom. The lowest BCUT2D eigenvalue weighted by atomic mass is 10.2. The van der Waals surface area contributed by atoms with Gasteiger partial charge < -0.3 is 4.52 Å². The first-order valence-corrected chi connectivity index (χ1v) is 5.57. The molecule has 0 saturated heterocycles. The standard InChI is InChI=1S/C10H14N4OS/c1-6(2)5-14-9(11-12-10(14)16)8-4-7(3)15-13-8/h4,6H,5H2,1-3H3,(H,12,16). The fourth-order valence-electron chi connectivity index (χ4n) is 1.52. The lowest BCUT2D eigenvalue weighted by Gasteiger charge is -2.07. The average molecular weight is 238 g/mol. The van der Waals surface area contributed by atoms with E-state index in [4.69, 9.17) is 16.7 Å². The molecule has 0 spiro atoms. The molecule has 0 atom stereocenters. The Kier molecular flexibility index (Phi) is 2.91. The van der Waals surface area contributed by atoms with Crippen molar-refractivity contribution in [2.75, 3.05) is 0 Å². The van der Waals surface area contributed by atoms with Crippen LogP contribution in [0.25, 0.3) is 11.5 Å². The third-order valence-electron chi connectivity index (χ3n) is 2.16. The summed E-state index contributed by atoms with van der Waals surface area (Å²) in [6.07, 6.45) is 0. The molecule has 86 valence electrons. The first-order chi connectivity index (χ1) is 7.58. The molecule has 0 saturated carbocycles. The summed E-state index contributed by atoms with van der Waals surface area (Å²) in [6, 6.07) is 1.85. The summed E-state index contributed by atoms with van der Waals surface area (Å²) in [7, 11) is 0. The normalized spacial score (nSPS) is 11.2. The van der Waals surface area contributed by atoms with Gasteiger partial charge in [-0.25, -0.2) is 0 Å². The number of aryl methyl sites for hydroxylation is 1. The van der Waals surface area contributed by atoms with Crippen LogP contribution < -0.4 is 0 Å². The molecule has 16 heavy (non-hydrogen) atoms. The van der Waals surface area contributed by atoms with Gasteiger partial charge in [0.05, 0.1) is 0 Å². The van der Waals surface area contributed by atoms with Gasteiger partial charge in [0.15, 0.2) is 16.3 Å². The summed E-state index contributed by atoms with van der Waals surface area (Å²) in [5.41, 5.74) is 0.713. The van der Waals surface area contributed by atoms with Crippen LogP contribution in [0.3, 0.4) is 0 Å². The van der Waals surface area contributed by atoms with Gasteiger partial charge in [-0.2, -0.15) is 5.10 Å². The Morgan fingerprint density at radius 2 is 2.31 bits per heavy atom. The van der Waals surface area contributed by atoms with E-state index in [1.54, 1.807) is 0 Å². The van der Waals surface area contributed by atoms with E-state index < -0.39 is 0 Å². The maximum Gasteiger partial charge on any atom is 0.195 e. The second-order valence-corrected chi connectivity index (χ2v) is 4.57. The quantitative estimate of drug-likeness (QED) is 0.835. The molecule has 0 unspecified atom stereocenters. The zero-order valence-electron chi connectivity index (χ0n) is 9.52. The molecule has 0 aliphatic rings. The Morgan fingerprint density at radius 3 is 2.88 bits per heavy atom. The summed E-state index contributed by atoms with van der Waals surface area (Å²) >= 11 is 5.18. The Balaban J connectivity index is 2.45. The number of hydrogen-bond donors (Lipinski definition) is 1. The molecule has 2 rings (SSSR count). The van der Waals surface area contributed by atoms with Crippen molar-refractivity contribution >= 4 is 12.2 Å². The first-order valence-electron chi connectivity index (χ1n) is 5.17. The van der Waals surface area contributed by atoms with Gasteiger partial charge in [0.25, 0.3) is 0 Å². The minimum Gasteiger partial charge on any atom is -0.361 e. The monoisotopic (exact) mass is 238 g/mol. The maximum absolute atomic E-state index is 5.18. The predicted molar refractivity (Wildman–Crippen MR) is 62.5 cm³/mol. The van der Waals surface area contributed by atoms with Crippen LogP contribution in [0.4, 0.5) is 0 Å². The lowest BCUT2D eigenvalue weighted by molar-refractivity contribution is 0.398. The van der Waals surface area contributed by atoms with Gasteiger partial charge in [-0.05, 0) is 25.1 Å². The second-order valence-electron chi connectivity index (χ2n) is 4.18. The maximum atomic E-state index is 5.18. The van der Waals surface area contributed by atoms with Crippen LogP contribution in [0.1, 0.15) is 19.6 Å². The lowest BCUT2D eigenvalue weighted by Crippen LogP contribution is -2.06. The fourth-order valence-corrected chi connectivity index (χ4v) is 1.73. The molecule has 0 radical (unpaired) electrons. The summed E-state index contributed by atoms with van der Waals surface area (Å²) in [5, 5.41) is 10.9. The molecule has 5 nitrogen and oxygen atoms in total. The minimum atomic E-state index is 0.496. The van der Waals surface area contributed by atoms with Crippen molar-refractivity contribution < 1.29 is 4.52 Å². The van der Waals surface area contributed by atoms with Crippen molar-refractivity contribution in [1.29, 1.82) is 0 Å². The van der Waals surface area contributed by atoms with E-state index in [2.05, 4.69) is 29.2 Å². The summed E-state index contributed by atoms with van der Waals surface area (Å²) in [4.78, 5) is 0. The van der Waals surface area contributed by atoms with Gasteiger partial charge in [0.1, 0.15) is 5.76 Å². The van der Waals surface area contributed by atoms with Gasteiger partial charge in [0, 0.05) is 12.6 Å². The topological polar surface area (TPSA) is 59.6 Å². The number of nitrogens with one attached hydrogen (secondary N) is 1. The number of H-pyrrole nitrogens is 1. The van der Waals surface area contributed by atoms with E-state index in [1.807, 2.05) is 17.6 Å². The fraction of sp³-hybridized carbons (Fsp3) is 0.500. The molecule has 2 aromatic heterocycles. The van der Waals surface area contributed by atoms with E-state index in [1.165, 1.54) is 0 Å². The molecule has 2 aromatic rings. The van der Waals surface area contributed by atoms with E-state index in [0.29, 0.717) is 16.4 Å². The third-order valence-corrected chi connectivity index (χ3v) is 2.47. The number of nitrogens with zero attached hydrogens (tertiary/aromatic N) is 3. The number of hydrogen-bond acceptors (Lipinski definition) is 4. The van der Waals surface area contributed by atoms with Crippen LogP contribution in [-0.4, -0.2) is 19.9 Å². The van der Waals surface area contributed by atoms with Crippen molar-refractivity contribution in [2.45, 2.75) is 27.3 Å². The van der Waals surface area contributed by atoms with Gasteiger partial charge in [0.2, 0.25) is 0 Å². The van der Waals surface area contributed by atoms with Gasteiger partial charge in [-0.1, -0.05) is 19.0 Å². The Bertz CT molecular complexity index is 537. The van der Waals surface area contributed by atoms with E-state index >= 15 is 0 Å². The number of rotatable bonds is 3. The van der Waals surface area contributed by atoms with Crippen LogP contribution in [0, 0.1) is 17.6 Å². The zero-order chi connectivity index (χ0) is 11.7. The molecule has 1 N–H and O–H groups in total. The van der Waals surface area contributed by atoms with Gasteiger partial charge in [-0.3, -0.25) is 9.67 Å². The van der Waals surface area contributed by atoms with Crippen LogP contribution in [0.2, 0.25) is 0 Å².